The van der Waals surface area contributed by atoms with Crippen molar-refractivity contribution in [2.75, 3.05) is 6.54 Å². The molecule has 2 heterocycles. The van der Waals surface area contributed by atoms with E-state index in [1.165, 1.54) is 0 Å². The van der Waals surface area contributed by atoms with E-state index in [4.69, 9.17) is 0 Å². The Hall–Kier alpha value is -1.73. The number of rotatable bonds is 4. The van der Waals surface area contributed by atoms with E-state index in [-0.39, 0.29) is 11.2 Å². The maximum absolute atomic E-state index is 11.9. The van der Waals surface area contributed by atoms with E-state index in [2.05, 4.69) is 14.8 Å². The van der Waals surface area contributed by atoms with Crippen molar-refractivity contribution in [1.82, 2.24) is 19.5 Å². The maximum Gasteiger partial charge on any atom is 0.282 e. The number of hydrogen-bond donors (Lipinski definition) is 1. The van der Waals surface area contributed by atoms with Crippen LogP contribution in [0.25, 0.3) is 0 Å². The Morgan fingerprint density at radius 1 is 1.35 bits per heavy atom. The molecule has 6 nitrogen and oxygen atoms in total. The fraction of sp³-hybridized carbons (Fsp3) is 0.385. The molecule has 1 aliphatic heterocycles. The first-order valence-corrected chi connectivity index (χ1v) is 8.10. The van der Waals surface area contributed by atoms with Crippen molar-refractivity contribution in [3.63, 3.8) is 0 Å². The summed E-state index contributed by atoms with van der Waals surface area (Å²) >= 11 is 0. The summed E-state index contributed by atoms with van der Waals surface area (Å²) in [4.78, 5) is 4.16. The first kappa shape index (κ1) is 13.3. The average Bonchev–Trinajstić information content (AvgIpc) is 2.99. The van der Waals surface area contributed by atoms with E-state index >= 15 is 0 Å². The SMILES string of the molecule is CCNS(=O)(=O)c1nc2n(n1)C(c1ccccc1)CC2. The summed E-state index contributed by atoms with van der Waals surface area (Å²) in [7, 11) is -3.59. The number of sulfonamides is 1. The Labute approximate surface area is 117 Å². The molecule has 1 unspecified atom stereocenters. The molecule has 1 aromatic heterocycles. The summed E-state index contributed by atoms with van der Waals surface area (Å²) < 4.78 is 28.0. The smallest absolute Gasteiger partial charge is 0.241 e. The van der Waals surface area contributed by atoms with Gasteiger partial charge in [0.2, 0.25) is 0 Å². The van der Waals surface area contributed by atoms with Gasteiger partial charge in [-0.3, -0.25) is 0 Å². The lowest BCUT2D eigenvalue weighted by Gasteiger charge is -2.11. The largest absolute Gasteiger partial charge is 0.282 e. The fourth-order valence-electron chi connectivity index (χ4n) is 2.49. The Balaban J connectivity index is 1.97. The molecule has 0 spiro atoms. The Morgan fingerprint density at radius 3 is 2.80 bits per heavy atom. The predicted molar refractivity (Wildman–Crippen MR) is 73.8 cm³/mol. The summed E-state index contributed by atoms with van der Waals surface area (Å²) in [6.45, 7) is 2.06. The molecule has 0 amide bonds. The van der Waals surface area contributed by atoms with Crippen molar-refractivity contribution in [2.24, 2.45) is 0 Å². The first-order chi connectivity index (χ1) is 9.62. The number of hydrogen-bond acceptors (Lipinski definition) is 4. The minimum absolute atomic E-state index is 0.0734. The van der Waals surface area contributed by atoms with Gasteiger partial charge < -0.3 is 0 Å². The Morgan fingerprint density at radius 2 is 2.10 bits per heavy atom. The van der Waals surface area contributed by atoms with E-state index in [9.17, 15) is 8.42 Å². The zero-order valence-electron chi connectivity index (χ0n) is 11.2. The third kappa shape index (κ3) is 2.23. The van der Waals surface area contributed by atoms with Crippen LogP contribution >= 0.6 is 0 Å². The van der Waals surface area contributed by atoms with Gasteiger partial charge in [0.1, 0.15) is 5.82 Å². The van der Waals surface area contributed by atoms with Gasteiger partial charge in [-0.05, 0) is 12.0 Å². The highest BCUT2D eigenvalue weighted by molar-refractivity contribution is 7.89. The molecule has 20 heavy (non-hydrogen) atoms. The quantitative estimate of drug-likeness (QED) is 0.916. The number of aromatic nitrogens is 3. The highest BCUT2D eigenvalue weighted by Crippen LogP contribution is 2.30. The van der Waals surface area contributed by atoms with Crippen LogP contribution in [-0.2, 0) is 16.4 Å². The second-order valence-corrected chi connectivity index (χ2v) is 6.38. The number of benzene rings is 1. The normalized spacial score (nSPS) is 18.1. The van der Waals surface area contributed by atoms with Crippen LogP contribution in [0.1, 0.15) is 30.8 Å². The van der Waals surface area contributed by atoms with Crippen LogP contribution in [0.4, 0.5) is 0 Å². The van der Waals surface area contributed by atoms with E-state index in [0.29, 0.717) is 6.54 Å². The van der Waals surface area contributed by atoms with E-state index in [1.54, 1.807) is 11.6 Å². The summed E-state index contributed by atoms with van der Waals surface area (Å²) in [5.74, 6) is 0.732. The van der Waals surface area contributed by atoms with Crippen LogP contribution in [0.2, 0.25) is 0 Å². The van der Waals surface area contributed by atoms with Gasteiger partial charge in [0, 0.05) is 13.0 Å². The van der Waals surface area contributed by atoms with Crippen LogP contribution < -0.4 is 4.72 Å². The molecule has 7 heteroatoms. The summed E-state index contributed by atoms with van der Waals surface area (Å²) in [5, 5.41) is 4.06. The lowest BCUT2D eigenvalue weighted by Crippen LogP contribution is -2.24. The standard InChI is InChI=1S/C13H16N4O2S/c1-2-14-20(18,19)13-15-12-9-8-11(17(12)16-13)10-6-4-3-5-7-10/h3-7,11,14H,2,8-9H2,1H3. The van der Waals surface area contributed by atoms with Gasteiger partial charge in [0.05, 0.1) is 6.04 Å². The zero-order valence-corrected chi connectivity index (χ0v) is 12.0. The van der Waals surface area contributed by atoms with Crippen LogP contribution in [0.15, 0.2) is 35.5 Å². The van der Waals surface area contributed by atoms with Crippen LogP contribution in [0, 0.1) is 0 Å². The van der Waals surface area contributed by atoms with Gasteiger partial charge >= 0.3 is 0 Å². The van der Waals surface area contributed by atoms with Gasteiger partial charge in [0.15, 0.2) is 0 Å². The number of aryl methyl sites for hydroxylation is 1. The molecule has 3 rings (SSSR count). The molecule has 0 bridgehead atoms. The van der Waals surface area contributed by atoms with E-state index < -0.39 is 10.0 Å². The number of nitrogens with zero attached hydrogens (tertiary/aromatic N) is 3. The molecule has 0 fully saturated rings. The molecule has 1 aromatic carbocycles. The molecular weight excluding hydrogens is 276 g/mol. The van der Waals surface area contributed by atoms with Gasteiger partial charge in [0.25, 0.3) is 15.2 Å². The molecule has 106 valence electrons. The van der Waals surface area contributed by atoms with Crippen molar-refractivity contribution in [3.05, 3.63) is 41.7 Å². The van der Waals surface area contributed by atoms with Crippen molar-refractivity contribution in [1.29, 1.82) is 0 Å². The molecule has 1 N–H and O–H groups in total. The third-order valence-corrected chi connectivity index (χ3v) is 4.70. The lowest BCUT2D eigenvalue weighted by molar-refractivity contribution is 0.530. The van der Waals surface area contributed by atoms with Crippen molar-refractivity contribution >= 4 is 10.0 Å². The molecule has 0 aliphatic carbocycles. The predicted octanol–water partition coefficient (Wildman–Crippen LogP) is 1.11. The first-order valence-electron chi connectivity index (χ1n) is 6.62. The van der Waals surface area contributed by atoms with Crippen LogP contribution in [0.5, 0.6) is 0 Å². The lowest BCUT2D eigenvalue weighted by atomic mass is 10.1. The molecule has 1 aliphatic rings. The van der Waals surface area contributed by atoms with E-state index in [0.717, 1.165) is 24.2 Å². The second kappa shape index (κ2) is 4.99. The average molecular weight is 292 g/mol. The fourth-order valence-corrected chi connectivity index (χ4v) is 3.42. The summed E-state index contributed by atoms with van der Waals surface area (Å²) in [6.07, 6.45) is 1.65. The van der Waals surface area contributed by atoms with Crippen LogP contribution in [-0.4, -0.2) is 29.7 Å². The van der Waals surface area contributed by atoms with Gasteiger partial charge in [-0.2, -0.15) is 0 Å². The van der Waals surface area contributed by atoms with Crippen molar-refractivity contribution in [2.45, 2.75) is 31.0 Å². The van der Waals surface area contributed by atoms with Gasteiger partial charge in [-0.1, -0.05) is 37.3 Å². The minimum Gasteiger partial charge on any atom is -0.241 e. The zero-order chi connectivity index (χ0) is 14.2. The topological polar surface area (TPSA) is 76.9 Å². The minimum atomic E-state index is -3.59. The Bertz CT molecular complexity index is 709. The molecule has 0 saturated carbocycles. The number of nitrogens with one attached hydrogen (secondary N) is 1. The van der Waals surface area contributed by atoms with E-state index in [1.807, 2.05) is 30.3 Å². The summed E-state index contributed by atoms with van der Waals surface area (Å²) in [6, 6.07) is 10.0. The molecule has 0 saturated heterocycles. The maximum atomic E-state index is 11.9. The van der Waals surface area contributed by atoms with Crippen LogP contribution in [0.3, 0.4) is 0 Å². The third-order valence-electron chi connectivity index (χ3n) is 3.38. The second-order valence-electron chi connectivity index (χ2n) is 4.72. The van der Waals surface area contributed by atoms with Gasteiger partial charge in [-0.25, -0.2) is 22.8 Å². The molecule has 0 radical (unpaired) electrons. The number of fused-ring (bicyclic) bond motifs is 1. The van der Waals surface area contributed by atoms with Gasteiger partial charge in [-0.15, -0.1) is 5.10 Å². The highest BCUT2D eigenvalue weighted by atomic mass is 32.2. The molecule has 1 atom stereocenters. The Kier molecular flexibility index (Phi) is 3.31. The summed E-state index contributed by atoms with van der Waals surface area (Å²) in [5.41, 5.74) is 1.13. The van der Waals surface area contributed by atoms with Crippen molar-refractivity contribution in [3.8, 4) is 0 Å². The molecule has 2 aromatic rings. The molecular formula is C13H16N4O2S. The van der Waals surface area contributed by atoms with Crippen molar-refractivity contribution < 1.29 is 8.42 Å². The highest BCUT2D eigenvalue weighted by Gasteiger charge is 2.30. The monoisotopic (exact) mass is 292 g/mol.